The number of carbonyl (C=O) groups excluding carboxylic acids is 2. The van der Waals surface area contributed by atoms with Gasteiger partial charge in [0.2, 0.25) is 0 Å². The highest BCUT2D eigenvalue weighted by atomic mass is 19.1. The lowest BCUT2D eigenvalue weighted by Crippen LogP contribution is -2.45. The SMILES string of the molecule is Cc1nc2ccc(C(=O)Nc3ccc(C(=O)NC4CCCCC4O)cc3)cc2n1-c1ccc(F)cc1. The summed E-state index contributed by atoms with van der Waals surface area (Å²) in [6.07, 6.45) is 2.92. The number of aryl methyl sites for hydroxylation is 1. The second-order valence-electron chi connectivity index (χ2n) is 9.14. The zero-order valence-corrected chi connectivity index (χ0v) is 19.9. The highest BCUT2D eigenvalue weighted by Crippen LogP contribution is 2.24. The summed E-state index contributed by atoms with van der Waals surface area (Å²) >= 11 is 0. The maximum absolute atomic E-state index is 13.4. The Morgan fingerprint density at radius 3 is 2.36 bits per heavy atom. The Labute approximate surface area is 208 Å². The number of rotatable bonds is 5. The van der Waals surface area contributed by atoms with Crippen LogP contribution in [0.2, 0.25) is 0 Å². The molecule has 4 aromatic rings. The average molecular weight is 487 g/mol. The number of hydrogen-bond acceptors (Lipinski definition) is 4. The smallest absolute Gasteiger partial charge is 0.255 e. The molecule has 1 heterocycles. The highest BCUT2D eigenvalue weighted by Gasteiger charge is 2.24. The second kappa shape index (κ2) is 9.91. The largest absolute Gasteiger partial charge is 0.391 e. The Morgan fingerprint density at radius 1 is 0.944 bits per heavy atom. The molecule has 0 bridgehead atoms. The number of aromatic nitrogens is 2. The Balaban J connectivity index is 1.31. The molecule has 1 aliphatic rings. The van der Waals surface area contributed by atoms with E-state index in [2.05, 4.69) is 15.6 Å². The fourth-order valence-corrected chi connectivity index (χ4v) is 4.69. The van der Waals surface area contributed by atoms with E-state index in [1.54, 1.807) is 54.6 Å². The van der Waals surface area contributed by atoms with Gasteiger partial charge < -0.3 is 15.7 Å². The van der Waals surface area contributed by atoms with Crippen molar-refractivity contribution in [1.82, 2.24) is 14.9 Å². The Kier molecular flexibility index (Phi) is 6.52. The number of hydrogen-bond donors (Lipinski definition) is 3. The lowest BCUT2D eigenvalue weighted by atomic mass is 9.92. The molecule has 8 heteroatoms. The summed E-state index contributed by atoms with van der Waals surface area (Å²) < 4.78 is 15.3. The summed E-state index contributed by atoms with van der Waals surface area (Å²) in [5.74, 6) is -0.141. The number of nitrogens with one attached hydrogen (secondary N) is 2. The van der Waals surface area contributed by atoms with E-state index in [0.717, 1.165) is 41.8 Å². The molecule has 0 aliphatic heterocycles. The predicted molar refractivity (Wildman–Crippen MR) is 136 cm³/mol. The van der Waals surface area contributed by atoms with Gasteiger partial charge in [0.1, 0.15) is 11.6 Å². The zero-order valence-electron chi connectivity index (χ0n) is 19.9. The minimum Gasteiger partial charge on any atom is -0.391 e. The van der Waals surface area contributed by atoms with E-state index < -0.39 is 6.10 Å². The number of anilines is 1. The summed E-state index contributed by atoms with van der Waals surface area (Å²) in [4.78, 5) is 30.1. The molecule has 2 atom stereocenters. The highest BCUT2D eigenvalue weighted by molar-refractivity contribution is 6.06. The van der Waals surface area contributed by atoms with E-state index in [9.17, 15) is 19.1 Å². The summed E-state index contributed by atoms with van der Waals surface area (Å²) in [5.41, 5.74) is 3.68. The van der Waals surface area contributed by atoms with Gasteiger partial charge in [-0.1, -0.05) is 12.8 Å². The fraction of sp³-hybridized carbons (Fsp3) is 0.250. The van der Waals surface area contributed by atoms with E-state index in [0.29, 0.717) is 23.2 Å². The molecule has 3 aromatic carbocycles. The van der Waals surface area contributed by atoms with Crippen LogP contribution < -0.4 is 10.6 Å². The minimum absolute atomic E-state index is 0.229. The zero-order chi connectivity index (χ0) is 25.2. The van der Waals surface area contributed by atoms with Crippen LogP contribution in [0.15, 0.2) is 66.7 Å². The van der Waals surface area contributed by atoms with Crippen molar-refractivity contribution in [2.75, 3.05) is 5.32 Å². The lowest BCUT2D eigenvalue weighted by molar-refractivity contribution is 0.0717. The van der Waals surface area contributed by atoms with Crippen molar-refractivity contribution >= 4 is 28.5 Å². The molecule has 36 heavy (non-hydrogen) atoms. The van der Waals surface area contributed by atoms with Gasteiger partial charge in [0.25, 0.3) is 11.8 Å². The number of fused-ring (bicyclic) bond motifs is 1. The molecule has 2 amide bonds. The molecule has 1 aliphatic carbocycles. The first kappa shape index (κ1) is 23.7. The van der Waals surface area contributed by atoms with Crippen molar-refractivity contribution in [2.24, 2.45) is 0 Å². The van der Waals surface area contributed by atoms with Crippen LogP contribution in [-0.2, 0) is 0 Å². The average Bonchev–Trinajstić information content (AvgIpc) is 3.21. The third kappa shape index (κ3) is 4.85. The van der Waals surface area contributed by atoms with Crippen molar-refractivity contribution in [3.05, 3.63) is 89.5 Å². The minimum atomic E-state index is -0.512. The first-order chi connectivity index (χ1) is 17.4. The van der Waals surface area contributed by atoms with Crippen molar-refractivity contribution < 1.29 is 19.1 Å². The van der Waals surface area contributed by atoms with Gasteiger partial charge in [-0.25, -0.2) is 9.37 Å². The number of carbonyl (C=O) groups is 2. The monoisotopic (exact) mass is 486 g/mol. The van der Waals surface area contributed by atoms with Crippen molar-refractivity contribution in [1.29, 1.82) is 0 Å². The summed E-state index contributed by atoms with van der Waals surface area (Å²) in [6, 6.07) is 17.8. The maximum Gasteiger partial charge on any atom is 0.255 e. The van der Waals surface area contributed by atoms with Gasteiger partial charge in [0.15, 0.2) is 0 Å². The number of imidazole rings is 1. The maximum atomic E-state index is 13.4. The molecule has 0 spiro atoms. The van der Waals surface area contributed by atoms with E-state index >= 15 is 0 Å². The van der Waals surface area contributed by atoms with Gasteiger partial charge in [-0.3, -0.25) is 14.2 Å². The summed E-state index contributed by atoms with van der Waals surface area (Å²) in [5, 5.41) is 15.9. The van der Waals surface area contributed by atoms with Crippen LogP contribution >= 0.6 is 0 Å². The molecular weight excluding hydrogens is 459 g/mol. The van der Waals surface area contributed by atoms with Crippen LogP contribution in [-0.4, -0.2) is 38.6 Å². The first-order valence-corrected chi connectivity index (χ1v) is 12.0. The van der Waals surface area contributed by atoms with E-state index in [-0.39, 0.29) is 23.7 Å². The first-order valence-electron chi connectivity index (χ1n) is 12.0. The molecule has 3 N–H and O–H groups in total. The van der Waals surface area contributed by atoms with E-state index in [1.807, 2.05) is 11.5 Å². The van der Waals surface area contributed by atoms with Gasteiger partial charge >= 0.3 is 0 Å². The third-order valence-electron chi connectivity index (χ3n) is 6.62. The van der Waals surface area contributed by atoms with Crippen molar-refractivity contribution in [3.63, 3.8) is 0 Å². The van der Waals surface area contributed by atoms with Gasteiger partial charge in [0.05, 0.1) is 23.2 Å². The second-order valence-corrected chi connectivity index (χ2v) is 9.14. The quantitative estimate of drug-likeness (QED) is 0.379. The molecule has 1 saturated carbocycles. The topological polar surface area (TPSA) is 96.2 Å². The number of aliphatic hydroxyl groups is 1. The van der Waals surface area contributed by atoms with Crippen LogP contribution in [0.5, 0.6) is 0 Å². The molecule has 2 unspecified atom stereocenters. The van der Waals surface area contributed by atoms with Crippen LogP contribution in [0.1, 0.15) is 52.2 Å². The number of benzene rings is 3. The van der Waals surface area contributed by atoms with Crippen LogP contribution in [0.3, 0.4) is 0 Å². The molecule has 7 nitrogen and oxygen atoms in total. The van der Waals surface area contributed by atoms with E-state index in [4.69, 9.17) is 0 Å². The van der Waals surface area contributed by atoms with Gasteiger partial charge in [-0.2, -0.15) is 0 Å². The number of aliphatic hydroxyl groups excluding tert-OH is 1. The van der Waals surface area contributed by atoms with Crippen molar-refractivity contribution in [2.45, 2.75) is 44.8 Å². The molecule has 0 radical (unpaired) electrons. The number of nitrogens with zero attached hydrogens (tertiary/aromatic N) is 2. The molecule has 1 fully saturated rings. The third-order valence-corrected chi connectivity index (χ3v) is 6.62. The van der Waals surface area contributed by atoms with Gasteiger partial charge in [-0.15, -0.1) is 0 Å². The Bertz CT molecular complexity index is 1410. The van der Waals surface area contributed by atoms with Crippen LogP contribution in [0.25, 0.3) is 16.7 Å². The predicted octanol–water partition coefficient (Wildman–Crippen LogP) is 4.76. The molecule has 1 aromatic heterocycles. The molecule has 5 rings (SSSR count). The summed E-state index contributed by atoms with van der Waals surface area (Å²) in [7, 11) is 0. The molecule has 184 valence electrons. The van der Waals surface area contributed by atoms with Crippen LogP contribution in [0, 0.1) is 12.7 Å². The van der Waals surface area contributed by atoms with Gasteiger partial charge in [0, 0.05) is 22.5 Å². The Morgan fingerprint density at radius 2 is 1.64 bits per heavy atom. The normalized spacial score (nSPS) is 17.6. The van der Waals surface area contributed by atoms with E-state index in [1.165, 1.54) is 12.1 Å². The van der Waals surface area contributed by atoms with Crippen LogP contribution in [0.4, 0.5) is 10.1 Å². The summed E-state index contributed by atoms with van der Waals surface area (Å²) in [6.45, 7) is 1.86. The van der Waals surface area contributed by atoms with Crippen molar-refractivity contribution in [3.8, 4) is 5.69 Å². The fourth-order valence-electron chi connectivity index (χ4n) is 4.69. The molecule has 0 saturated heterocycles. The number of halogens is 1. The molecular formula is C28H27FN4O3. The van der Waals surface area contributed by atoms with Gasteiger partial charge in [-0.05, 0) is 86.5 Å². The number of amides is 2. The standard InChI is InChI=1S/C28H27FN4O3/c1-17-30-23-15-8-19(16-25(23)33(17)22-13-9-20(29)10-14-22)28(36)31-21-11-6-18(7-12-21)27(35)32-24-4-2-3-5-26(24)34/h6-16,24,26,34H,2-5H2,1H3,(H,31,36)(H,32,35). The lowest BCUT2D eigenvalue weighted by Gasteiger charge is -2.28. The Hall–Kier alpha value is -4.04.